The fraction of sp³-hybridized carbons (Fsp3) is 0.765. The quantitative estimate of drug-likeness (QED) is 0.0341. The van der Waals surface area contributed by atoms with Gasteiger partial charge in [0.05, 0.1) is 33.0 Å². The summed E-state index contributed by atoms with van der Waals surface area (Å²) in [5.74, 6) is -12.5. The number of primary amides is 1. The van der Waals surface area contributed by atoms with Crippen molar-refractivity contribution in [2.24, 2.45) is 11.7 Å². The van der Waals surface area contributed by atoms with Crippen molar-refractivity contribution in [3.8, 4) is 0 Å². The third-order valence-corrected chi connectivity index (χ3v) is 12.3. The van der Waals surface area contributed by atoms with Gasteiger partial charge in [-0.1, -0.05) is 77.6 Å². The van der Waals surface area contributed by atoms with E-state index >= 15 is 0 Å². The summed E-state index contributed by atoms with van der Waals surface area (Å²) in [7, 11) is 0. The molecule has 0 saturated carbocycles. The minimum atomic E-state index is -1.88. The number of carbonyl (C=O) groups is 12. The van der Waals surface area contributed by atoms with Gasteiger partial charge in [-0.3, -0.25) is 57.5 Å². The molecule has 452 valence electrons. The number of amides is 8. The Morgan fingerprint density at radius 1 is 0.380 bits per heavy atom. The van der Waals surface area contributed by atoms with E-state index in [4.69, 9.17) is 30.5 Å². The molecule has 0 rings (SSSR count). The van der Waals surface area contributed by atoms with E-state index in [1.54, 1.807) is 0 Å². The van der Waals surface area contributed by atoms with Gasteiger partial charge in [-0.05, 0) is 51.4 Å². The van der Waals surface area contributed by atoms with Crippen LogP contribution in [0.25, 0.3) is 0 Å². The molecular formula is C51H88N8O20. The van der Waals surface area contributed by atoms with Gasteiger partial charge in [-0.25, -0.2) is 0 Å². The highest BCUT2D eigenvalue weighted by Gasteiger charge is 2.33. The second-order valence-electron chi connectivity index (χ2n) is 19.1. The Kier molecular flexibility index (Phi) is 41.6. The summed E-state index contributed by atoms with van der Waals surface area (Å²) in [6.45, 7) is -0.0590. The number of aliphatic hydroxyl groups excluding tert-OH is 2. The molecule has 0 aliphatic carbocycles. The van der Waals surface area contributed by atoms with Crippen LogP contribution in [0.15, 0.2) is 0 Å². The van der Waals surface area contributed by atoms with Gasteiger partial charge in [-0.2, -0.15) is 0 Å². The van der Waals surface area contributed by atoms with Crippen LogP contribution in [0.3, 0.4) is 0 Å². The third kappa shape index (κ3) is 39.5. The number of hydrogen-bond donors (Lipinski definition) is 14. The van der Waals surface area contributed by atoms with Crippen LogP contribution in [0.2, 0.25) is 0 Å². The lowest BCUT2D eigenvalue weighted by Crippen LogP contribution is -2.60. The average molecular weight is 1130 g/mol. The molecule has 0 aromatic heterocycles. The Labute approximate surface area is 460 Å². The van der Waals surface area contributed by atoms with Crippen molar-refractivity contribution in [3.05, 3.63) is 0 Å². The van der Waals surface area contributed by atoms with Crippen molar-refractivity contribution in [2.45, 2.75) is 191 Å². The van der Waals surface area contributed by atoms with Crippen LogP contribution in [-0.2, 0) is 67.0 Å². The number of ether oxygens (including phenoxy) is 2. The zero-order valence-electron chi connectivity index (χ0n) is 45.6. The molecule has 79 heavy (non-hydrogen) atoms. The van der Waals surface area contributed by atoms with Gasteiger partial charge in [0.25, 0.3) is 0 Å². The molecule has 0 bridgehead atoms. The minimum absolute atomic E-state index is 0.0387. The van der Waals surface area contributed by atoms with Gasteiger partial charge >= 0.3 is 23.9 Å². The monoisotopic (exact) mass is 1130 g/mol. The van der Waals surface area contributed by atoms with E-state index < -0.39 is 140 Å². The number of hydrogen-bond acceptors (Lipinski definition) is 16. The standard InChI is InChI=1S/C51H88N8O20/c1-34(20-23-43(66)67)47(73)56-36(21-24-44(68)69)49(75)58-39(32-61)51(77)59-38(31-60)50(76)57-37(22-25-45(70)71)48(74)55-35(46(52)72)17-15-16-26-53-41(63)33-79-30-29-78-28-27-54-40(62)18-13-11-9-7-5-3-2-4-6-8-10-12-14-19-42(64)65/h34-39,60-61H,2-33H2,1H3,(H2,52,72)(H,53,63)(H,54,62)(H,55,74)(H,56,73)(H,57,76)(H,58,75)(H,59,77)(H,64,65)(H,66,67)(H,68,69)(H,70,71)/t34-,35-,36-,37-,38-,39-/m0/s1. The average Bonchev–Trinajstić information content (AvgIpc) is 3.39. The highest BCUT2D eigenvalue weighted by molar-refractivity contribution is 5.96. The minimum Gasteiger partial charge on any atom is -0.481 e. The molecule has 15 N–H and O–H groups in total. The van der Waals surface area contributed by atoms with Crippen LogP contribution in [0.5, 0.6) is 0 Å². The zero-order chi connectivity index (χ0) is 59.4. The maximum Gasteiger partial charge on any atom is 0.303 e. The molecular weight excluding hydrogens is 1040 g/mol. The van der Waals surface area contributed by atoms with Crippen molar-refractivity contribution in [1.29, 1.82) is 0 Å². The Morgan fingerprint density at radius 2 is 0.759 bits per heavy atom. The Hall–Kier alpha value is -6.52. The van der Waals surface area contributed by atoms with E-state index in [2.05, 4.69) is 37.2 Å². The maximum atomic E-state index is 13.3. The Morgan fingerprint density at radius 3 is 1.22 bits per heavy atom. The molecule has 0 radical (unpaired) electrons. The molecule has 0 aliphatic rings. The lowest BCUT2D eigenvalue weighted by atomic mass is 10.0. The highest BCUT2D eigenvalue weighted by atomic mass is 16.5. The lowest BCUT2D eigenvalue weighted by molar-refractivity contribution is -0.140. The number of nitrogens with two attached hydrogens (primary N) is 1. The predicted molar refractivity (Wildman–Crippen MR) is 281 cm³/mol. The van der Waals surface area contributed by atoms with E-state index in [0.717, 1.165) is 51.4 Å². The number of aliphatic hydroxyl groups is 2. The van der Waals surface area contributed by atoms with Crippen LogP contribution < -0.4 is 43.0 Å². The zero-order valence-corrected chi connectivity index (χ0v) is 45.6. The van der Waals surface area contributed by atoms with E-state index in [9.17, 15) is 72.9 Å². The van der Waals surface area contributed by atoms with Gasteiger partial charge in [0.15, 0.2) is 0 Å². The molecule has 0 heterocycles. The molecule has 28 heteroatoms. The topological polar surface area (TPSA) is 455 Å². The fourth-order valence-corrected chi connectivity index (χ4v) is 7.62. The van der Waals surface area contributed by atoms with E-state index in [-0.39, 0.29) is 71.0 Å². The third-order valence-electron chi connectivity index (χ3n) is 12.3. The highest BCUT2D eigenvalue weighted by Crippen LogP contribution is 2.14. The van der Waals surface area contributed by atoms with Gasteiger partial charge in [-0.15, -0.1) is 0 Å². The second kappa shape index (κ2) is 45.4. The first-order valence-electron chi connectivity index (χ1n) is 27.2. The van der Waals surface area contributed by atoms with Gasteiger partial charge in [0.1, 0.15) is 36.8 Å². The van der Waals surface area contributed by atoms with Crippen molar-refractivity contribution in [1.82, 2.24) is 37.2 Å². The molecule has 0 aromatic rings. The van der Waals surface area contributed by atoms with Crippen molar-refractivity contribution in [3.63, 3.8) is 0 Å². The number of carboxylic acids is 4. The summed E-state index contributed by atoms with van der Waals surface area (Å²) in [6.07, 6.45) is 12.5. The smallest absolute Gasteiger partial charge is 0.303 e. The largest absolute Gasteiger partial charge is 0.481 e. The summed E-state index contributed by atoms with van der Waals surface area (Å²) in [4.78, 5) is 146. The van der Waals surface area contributed by atoms with Gasteiger partial charge < -0.3 is 83.1 Å². The summed E-state index contributed by atoms with van der Waals surface area (Å²) in [5.41, 5.74) is 5.50. The van der Waals surface area contributed by atoms with Crippen LogP contribution in [0.1, 0.15) is 161 Å². The summed E-state index contributed by atoms with van der Waals surface area (Å²) < 4.78 is 10.8. The first kappa shape index (κ1) is 72.5. The second-order valence-corrected chi connectivity index (χ2v) is 19.1. The van der Waals surface area contributed by atoms with E-state index in [1.165, 1.54) is 39.0 Å². The summed E-state index contributed by atoms with van der Waals surface area (Å²) in [5, 5.41) is 72.4. The maximum absolute atomic E-state index is 13.3. The summed E-state index contributed by atoms with van der Waals surface area (Å²) in [6, 6.07) is -8.29. The number of carbonyl (C=O) groups excluding carboxylic acids is 8. The molecule has 0 unspecified atom stereocenters. The van der Waals surface area contributed by atoms with Crippen LogP contribution in [0.4, 0.5) is 0 Å². The van der Waals surface area contributed by atoms with E-state index in [0.29, 0.717) is 19.4 Å². The molecule has 0 spiro atoms. The van der Waals surface area contributed by atoms with Crippen LogP contribution in [-0.4, -0.2) is 185 Å². The molecule has 0 aliphatic heterocycles. The predicted octanol–water partition coefficient (Wildman–Crippen LogP) is -0.517. The SMILES string of the molecule is C[C@@H](CCC(=O)O)C(=O)N[C@@H](CCC(=O)O)C(=O)N[C@@H](CO)C(=O)N[C@@H](CO)C(=O)N[C@@H](CCC(=O)O)C(=O)N[C@@H](CCCCNC(=O)COCCOCCNC(=O)CCCCCCCCCCCCCCCC(=O)O)C(N)=O. The summed E-state index contributed by atoms with van der Waals surface area (Å²) >= 11 is 0. The lowest BCUT2D eigenvalue weighted by Gasteiger charge is -2.26. The first-order chi connectivity index (χ1) is 37.6. The first-order valence-corrected chi connectivity index (χ1v) is 27.2. The fourth-order valence-electron chi connectivity index (χ4n) is 7.62. The number of aliphatic carboxylic acids is 4. The van der Waals surface area contributed by atoms with Gasteiger partial charge in [0, 0.05) is 51.1 Å². The van der Waals surface area contributed by atoms with Crippen LogP contribution in [0, 0.1) is 5.92 Å². The van der Waals surface area contributed by atoms with E-state index in [1.807, 2.05) is 0 Å². The number of rotatable bonds is 51. The molecule has 0 aromatic carbocycles. The molecule has 0 saturated heterocycles. The van der Waals surface area contributed by atoms with Crippen molar-refractivity contribution < 1.29 is 97.6 Å². The molecule has 0 fully saturated rings. The van der Waals surface area contributed by atoms with Crippen molar-refractivity contribution in [2.75, 3.05) is 52.7 Å². The Balaban J connectivity index is 4.72. The number of unbranched alkanes of at least 4 members (excludes halogenated alkanes) is 13. The Bertz CT molecular complexity index is 1890. The van der Waals surface area contributed by atoms with Crippen molar-refractivity contribution >= 4 is 71.1 Å². The number of nitrogens with one attached hydrogen (secondary N) is 7. The molecule has 8 amide bonds. The molecule has 28 nitrogen and oxygen atoms in total. The number of carboxylic acid groups (broad SMARTS) is 4. The molecule has 6 atom stereocenters. The van der Waals surface area contributed by atoms with Gasteiger partial charge in [0.2, 0.25) is 47.3 Å². The normalized spacial score (nSPS) is 13.3. The van der Waals surface area contributed by atoms with Crippen LogP contribution >= 0.6 is 0 Å².